The first kappa shape index (κ1) is 21.2. The lowest BCUT2D eigenvalue weighted by Gasteiger charge is -2.43. The maximum atomic E-state index is 13.2. The largest absolute Gasteiger partial charge is 0.445 e. The molecule has 1 amide bonds. The second kappa shape index (κ2) is 7.89. The summed E-state index contributed by atoms with van der Waals surface area (Å²) in [5.74, 6) is 0. The van der Waals surface area contributed by atoms with Crippen molar-refractivity contribution in [3.63, 3.8) is 0 Å². The van der Waals surface area contributed by atoms with Gasteiger partial charge < -0.3 is 14.7 Å². The van der Waals surface area contributed by atoms with E-state index in [1.807, 2.05) is 36.4 Å². The molecule has 0 aliphatic carbocycles. The zero-order valence-electron chi connectivity index (χ0n) is 16.6. The Kier molecular flexibility index (Phi) is 5.40. The lowest BCUT2D eigenvalue weighted by Crippen LogP contribution is -2.52. The molecule has 0 radical (unpaired) electrons. The lowest BCUT2D eigenvalue weighted by atomic mass is 9.78. The molecule has 0 saturated carbocycles. The number of carbonyl (C=O) groups excluding carboxylic acids is 1. The van der Waals surface area contributed by atoms with Crippen molar-refractivity contribution in [2.75, 3.05) is 0 Å². The molecule has 5 nitrogen and oxygen atoms in total. The third kappa shape index (κ3) is 4.10. The Bertz CT molecular complexity index is 1000. The molecule has 2 bridgehead atoms. The number of aliphatic hydroxyl groups is 1. The Morgan fingerprint density at radius 3 is 2.39 bits per heavy atom. The molecule has 31 heavy (non-hydrogen) atoms. The lowest BCUT2D eigenvalue weighted by molar-refractivity contribution is -0.137. The molecule has 2 heterocycles. The summed E-state index contributed by atoms with van der Waals surface area (Å²) in [5.41, 5.74) is -1.70. The number of carbonyl (C=O) groups is 1. The molecule has 1 N–H and O–H groups in total. The van der Waals surface area contributed by atoms with Crippen LogP contribution in [0.4, 0.5) is 18.0 Å². The van der Waals surface area contributed by atoms with E-state index >= 15 is 0 Å². The van der Waals surface area contributed by atoms with Crippen molar-refractivity contribution < 1.29 is 27.8 Å². The molecule has 2 aromatic rings. The Morgan fingerprint density at radius 2 is 1.81 bits per heavy atom. The summed E-state index contributed by atoms with van der Waals surface area (Å²) in [6.45, 7) is 0.117. The van der Waals surface area contributed by atoms with Gasteiger partial charge in [-0.1, -0.05) is 30.3 Å². The molecule has 2 atom stereocenters. The minimum Gasteiger partial charge on any atom is -0.445 e. The van der Waals surface area contributed by atoms with E-state index in [1.54, 1.807) is 4.90 Å². The standard InChI is InChI=1S/C23H21F3N2O3/c24-23(25,26)17-7-6-16(13-27)20(10-17)22(30)11-18-8-9-19(12-22)28(18)21(29)31-14-15-4-2-1-3-5-15/h1-7,10,18-19,30H,8-9,11-12,14H2. The molecule has 0 aromatic heterocycles. The molecular formula is C23H21F3N2O3. The minimum atomic E-state index is -4.58. The van der Waals surface area contributed by atoms with E-state index in [-0.39, 0.29) is 42.7 Å². The van der Waals surface area contributed by atoms with E-state index in [9.17, 15) is 28.3 Å². The van der Waals surface area contributed by atoms with Gasteiger partial charge in [0.05, 0.1) is 22.8 Å². The molecular weight excluding hydrogens is 409 g/mol. The molecule has 2 aliphatic heterocycles. The van der Waals surface area contributed by atoms with E-state index in [1.165, 1.54) is 0 Å². The van der Waals surface area contributed by atoms with E-state index in [0.717, 1.165) is 23.8 Å². The van der Waals surface area contributed by atoms with Crippen LogP contribution in [-0.2, 0) is 23.1 Å². The zero-order valence-corrected chi connectivity index (χ0v) is 16.6. The highest BCUT2D eigenvalue weighted by atomic mass is 19.4. The van der Waals surface area contributed by atoms with Crippen molar-refractivity contribution >= 4 is 6.09 Å². The number of alkyl halides is 3. The number of nitrogens with zero attached hydrogens (tertiary/aromatic N) is 2. The SMILES string of the molecule is N#Cc1ccc(C(F)(F)F)cc1C1(O)CC2CCC(C1)N2C(=O)OCc1ccccc1. The molecule has 4 rings (SSSR count). The van der Waals surface area contributed by atoms with Gasteiger partial charge in [0.25, 0.3) is 0 Å². The summed E-state index contributed by atoms with van der Waals surface area (Å²) in [7, 11) is 0. The Balaban J connectivity index is 1.55. The third-order valence-corrected chi connectivity index (χ3v) is 6.15. The quantitative estimate of drug-likeness (QED) is 0.764. The van der Waals surface area contributed by atoms with Gasteiger partial charge >= 0.3 is 12.3 Å². The van der Waals surface area contributed by atoms with E-state index in [2.05, 4.69) is 0 Å². The van der Waals surface area contributed by atoms with Crippen LogP contribution in [0.3, 0.4) is 0 Å². The highest BCUT2D eigenvalue weighted by Gasteiger charge is 2.51. The van der Waals surface area contributed by atoms with Crippen molar-refractivity contribution in [2.24, 2.45) is 0 Å². The number of nitriles is 1. The monoisotopic (exact) mass is 430 g/mol. The van der Waals surface area contributed by atoms with Crippen LogP contribution in [0.1, 0.15) is 47.9 Å². The summed E-state index contributed by atoms with van der Waals surface area (Å²) in [6.07, 6.45) is -3.73. The fourth-order valence-corrected chi connectivity index (χ4v) is 4.74. The maximum absolute atomic E-state index is 13.2. The second-order valence-electron chi connectivity index (χ2n) is 8.14. The van der Waals surface area contributed by atoms with Gasteiger partial charge in [0.15, 0.2) is 0 Å². The van der Waals surface area contributed by atoms with E-state index in [4.69, 9.17) is 4.74 Å². The number of halogens is 3. The van der Waals surface area contributed by atoms with Gasteiger partial charge in [0, 0.05) is 30.5 Å². The number of hydrogen-bond acceptors (Lipinski definition) is 4. The fourth-order valence-electron chi connectivity index (χ4n) is 4.74. The molecule has 2 unspecified atom stereocenters. The summed E-state index contributed by atoms with van der Waals surface area (Å²) in [4.78, 5) is 14.3. The first-order valence-electron chi connectivity index (χ1n) is 10.0. The molecule has 2 saturated heterocycles. The molecule has 2 aromatic carbocycles. The van der Waals surface area contributed by atoms with Crippen LogP contribution in [0.2, 0.25) is 0 Å². The number of amides is 1. The van der Waals surface area contributed by atoms with E-state index in [0.29, 0.717) is 12.8 Å². The number of benzene rings is 2. The molecule has 162 valence electrons. The first-order chi connectivity index (χ1) is 14.7. The number of ether oxygens (including phenoxy) is 1. The summed E-state index contributed by atoms with van der Waals surface area (Å²) in [5, 5.41) is 20.7. The highest BCUT2D eigenvalue weighted by Crippen LogP contribution is 2.47. The van der Waals surface area contributed by atoms with Crippen LogP contribution in [0.15, 0.2) is 48.5 Å². The van der Waals surface area contributed by atoms with Crippen LogP contribution in [-0.4, -0.2) is 28.2 Å². The summed E-state index contributed by atoms with van der Waals surface area (Å²) in [6, 6.07) is 13.2. The predicted octanol–water partition coefficient (Wildman–Crippen LogP) is 4.73. The predicted molar refractivity (Wildman–Crippen MR) is 105 cm³/mol. The Morgan fingerprint density at radius 1 is 1.16 bits per heavy atom. The number of rotatable bonds is 3. The van der Waals surface area contributed by atoms with E-state index < -0.39 is 23.4 Å². The van der Waals surface area contributed by atoms with Gasteiger partial charge in [-0.2, -0.15) is 18.4 Å². The first-order valence-corrected chi connectivity index (χ1v) is 10.0. The minimum absolute atomic E-state index is 0.00926. The van der Waals surface area contributed by atoms with Crippen molar-refractivity contribution in [2.45, 2.75) is 56.2 Å². The maximum Gasteiger partial charge on any atom is 0.416 e. The normalized spacial score (nSPS) is 25.2. The molecule has 8 heteroatoms. The Hall–Kier alpha value is -3.05. The highest BCUT2D eigenvalue weighted by molar-refractivity contribution is 5.69. The third-order valence-electron chi connectivity index (χ3n) is 6.15. The van der Waals surface area contributed by atoms with Gasteiger partial charge in [0.2, 0.25) is 0 Å². The zero-order chi connectivity index (χ0) is 22.2. The number of piperidine rings is 1. The van der Waals surface area contributed by atoms with Gasteiger partial charge in [-0.05, 0) is 36.6 Å². The van der Waals surface area contributed by atoms with Crippen LogP contribution in [0.5, 0.6) is 0 Å². The van der Waals surface area contributed by atoms with Crippen LogP contribution < -0.4 is 0 Å². The fraction of sp³-hybridized carbons (Fsp3) is 0.391. The topological polar surface area (TPSA) is 73.6 Å². The van der Waals surface area contributed by atoms with Gasteiger partial charge in [-0.3, -0.25) is 0 Å². The van der Waals surface area contributed by atoms with Gasteiger partial charge in [-0.15, -0.1) is 0 Å². The van der Waals surface area contributed by atoms with Crippen LogP contribution >= 0.6 is 0 Å². The van der Waals surface area contributed by atoms with Crippen molar-refractivity contribution in [1.29, 1.82) is 5.26 Å². The van der Waals surface area contributed by atoms with Crippen LogP contribution in [0, 0.1) is 11.3 Å². The van der Waals surface area contributed by atoms with Gasteiger partial charge in [-0.25, -0.2) is 4.79 Å². The average molecular weight is 430 g/mol. The number of fused-ring (bicyclic) bond motifs is 2. The summed E-state index contributed by atoms with van der Waals surface area (Å²) < 4.78 is 45.1. The van der Waals surface area contributed by atoms with Gasteiger partial charge in [0.1, 0.15) is 6.61 Å². The summed E-state index contributed by atoms with van der Waals surface area (Å²) >= 11 is 0. The Labute approximate surface area is 177 Å². The molecule has 0 spiro atoms. The molecule has 2 aliphatic rings. The molecule has 2 fully saturated rings. The van der Waals surface area contributed by atoms with Crippen molar-refractivity contribution in [1.82, 2.24) is 4.90 Å². The van der Waals surface area contributed by atoms with Crippen molar-refractivity contribution in [3.8, 4) is 6.07 Å². The second-order valence-corrected chi connectivity index (χ2v) is 8.14. The number of hydrogen-bond donors (Lipinski definition) is 1. The van der Waals surface area contributed by atoms with Crippen LogP contribution in [0.25, 0.3) is 0 Å². The van der Waals surface area contributed by atoms with Crippen molar-refractivity contribution in [3.05, 3.63) is 70.8 Å². The average Bonchev–Trinajstić information content (AvgIpc) is 3.03. The smallest absolute Gasteiger partial charge is 0.416 e.